The maximum Gasteiger partial charge on any atom is 0.264 e. The van der Waals surface area contributed by atoms with Crippen molar-refractivity contribution in [3.8, 4) is 5.75 Å². The molecule has 0 spiro atoms. The zero-order chi connectivity index (χ0) is 34.1. The minimum absolute atomic E-state index is 0.0301. The Labute approximate surface area is 292 Å². The molecule has 8 nitrogen and oxygen atoms in total. The Morgan fingerprint density at radius 1 is 0.875 bits per heavy atom. The Morgan fingerprint density at radius 2 is 1.56 bits per heavy atom. The first-order valence-corrected chi connectivity index (χ1v) is 18.5. The second-order valence-electron chi connectivity index (χ2n) is 12.2. The second-order valence-corrected chi connectivity index (χ2v) is 15.0. The Hall–Kier alpha value is -4.15. The fourth-order valence-electron chi connectivity index (χ4n) is 6.06. The van der Waals surface area contributed by atoms with Crippen molar-refractivity contribution in [1.82, 2.24) is 10.2 Å². The average Bonchev–Trinajstić information content (AvgIpc) is 3.09. The maximum absolute atomic E-state index is 14.7. The molecule has 0 saturated heterocycles. The van der Waals surface area contributed by atoms with Gasteiger partial charge in [-0.3, -0.25) is 13.9 Å². The third-order valence-electron chi connectivity index (χ3n) is 8.69. The van der Waals surface area contributed by atoms with Crippen LogP contribution in [0.5, 0.6) is 5.75 Å². The summed E-state index contributed by atoms with van der Waals surface area (Å²) in [6.07, 6.45) is 5.28. The molecule has 1 aliphatic rings. The Morgan fingerprint density at radius 3 is 2.25 bits per heavy atom. The van der Waals surface area contributed by atoms with Crippen molar-refractivity contribution in [3.05, 3.63) is 124 Å². The summed E-state index contributed by atoms with van der Waals surface area (Å²) < 4.78 is 35.9. The molecule has 2 amide bonds. The van der Waals surface area contributed by atoms with Crippen LogP contribution in [-0.2, 0) is 32.6 Å². The van der Waals surface area contributed by atoms with Crippen LogP contribution in [0.25, 0.3) is 0 Å². The summed E-state index contributed by atoms with van der Waals surface area (Å²) >= 11 is 3.53. The zero-order valence-electron chi connectivity index (χ0n) is 27.3. The van der Waals surface area contributed by atoms with Crippen LogP contribution in [-0.4, -0.2) is 50.9 Å². The van der Waals surface area contributed by atoms with Gasteiger partial charge in [0.15, 0.2) is 0 Å². The van der Waals surface area contributed by atoms with E-state index in [1.807, 2.05) is 61.5 Å². The Bertz CT molecular complexity index is 1790. The minimum Gasteiger partial charge on any atom is -0.497 e. The molecule has 0 bridgehead atoms. The van der Waals surface area contributed by atoms with E-state index in [0.29, 0.717) is 5.75 Å². The number of rotatable bonds is 13. The summed E-state index contributed by atoms with van der Waals surface area (Å²) in [5.41, 5.74) is 2.88. The minimum atomic E-state index is -4.21. The summed E-state index contributed by atoms with van der Waals surface area (Å²) in [6, 6.07) is 29.5. The van der Waals surface area contributed by atoms with Gasteiger partial charge in [-0.05, 0) is 67.3 Å². The van der Waals surface area contributed by atoms with Crippen LogP contribution in [0.3, 0.4) is 0 Å². The molecule has 0 aromatic heterocycles. The van der Waals surface area contributed by atoms with Crippen molar-refractivity contribution in [2.45, 2.75) is 69.0 Å². The lowest BCUT2D eigenvalue weighted by Crippen LogP contribution is -2.55. The van der Waals surface area contributed by atoms with Gasteiger partial charge < -0.3 is 15.0 Å². The quantitative estimate of drug-likeness (QED) is 0.159. The summed E-state index contributed by atoms with van der Waals surface area (Å²) in [7, 11) is -2.71. The normalized spacial score (nSPS) is 14.1. The fourth-order valence-corrected chi connectivity index (χ4v) is 7.91. The highest BCUT2D eigenvalue weighted by molar-refractivity contribution is 9.10. The summed E-state index contributed by atoms with van der Waals surface area (Å²) in [4.78, 5) is 30.6. The number of benzene rings is 4. The SMILES string of the molecule is COc1cccc(N(CC(=O)N(Cc2cccc(Br)c2)[C@H](Cc2ccccc2)C(=O)NC2CCCCC2)S(=O)(=O)c2ccc(C)cc2)c1. The van der Waals surface area contributed by atoms with E-state index in [9.17, 15) is 18.0 Å². The van der Waals surface area contributed by atoms with Gasteiger partial charge in [-0.25, -0.2) is 8.42 Å². The van der Waals surface area contributed by atoms with Crippen LogP contribution < -0.4 is 14.4 Å². The van der Waals surface area contributed by atoms with Crippen molar-refractivity contribution in [2.24, 2.45) is 0 Å². The van der Waals surface area contributed by atoms with E-state index in [2.05, 4.69) is 21.2 Å². The highest BCUT2D eigenvalue weighted by Crippen LogP contribution is 2.28. The number of carbonyl (C=O) groups is 2. The maximum atomic E-state index is 14.7. The molecule has 0 heterocycles. The van der Waals surface area contributed by atoms with Crippen LogP contribution in [0.2, 0.25) is 0 Å². The van der Waals surface area contributed by atoms with Gasteiger partial charge in [0, 0.05) is 29.5 Å². The predicted octanol–water partition coefficient (Wildman–Crippen LogP) is 7.05. The molecule has 1 fully saturated rings. The van der Waals surface area contributed by atoms with Gasteiger partial charge >= 0.3 is 0 Å². The van der Waals surface area contributed by atoms with Gasteiger partial charge in [-0.2, -0.15) is 0 Å². The number of nitrogens with zero attached hydrogens (tertiary/aromatic N) is 2. The van der Waals surface area contributed by atoms with Crippen molar-refractivity contribution < 1.29 is 22.7 Å². The number of amides is 2. The van der Waals surface area contributed by atoms with Gasteiger partial charge in [-0.15, -0.1) is 0 Å². The molecule has 0 radical (unpaired) electrons. The lowest BCUT2D eigenvalue weighted by atomic mass is 9.94. The lowest BCUT2D eigenvalue weighted by Gasteiger charge is -2.35. The molecule has 10 heteroatoms. The molecule has 0 unspecified atom stereocenters. The Balaban J connectivity index is 1.57. The van der Waals surface area contributed by atoms with Gasteiger partial charge in [-0.1, -0.05) is 101 Å². The monoisotopic (exact) mass is 731 g/mol. The smallest absolute Gasteiger partial charge is 0.264 e. The molecule has 0 aliphatic heterocycles. The number of sulfonamides is 1. The standard InChI is InChI=1S/C38H42BrN3O5S/c1-28-19-21-35(22-20-28)48(45,46)42(33-17-10-18-34(25-33)47-2)27-37(43)41(26-30-13-9-14-31(39)23-30)36(24-29-11-5-3-6-12-29)38(44)40-32-15-7-4-8-16-32/h3,5-6,9-14,17-23,25,32,36H,4,7-8,15-16,24,26-27H2,1-2H3,(H,40,44)/t36-/m1/s1. The zero-order valence-corrected chi connectivity index (χ0v) is 29.8. The fraction of sp³-hybridized carbons (Fsp3) is 0.316. The largest absolute Gasteiger partial charge is 0.497 e. The number of anilines is 1. The van der Waals surface area contributed by atoms with Gasteiger partial charge in [0.25, 0.3) is 10.0 Å². The highest BCUT2D eigenvalue weighted by atomic mass is 79.9. The number of hydrogen-bond donors (Lipinski definition) is 1. The van der Waals surface area contributed by atoms with E-state index in [1.165, 1.54) is 24.1 Å². The number of hydrogen-bond acceptors (Lipinski definition) is 5. The molecule has 48 heavy (non-hydrogen) atoms. The van der Waals surface area contributed by atoms with Crippen molar-refractivity contribution >= 4 is 43.5 Å². The van der Waals surface area contributed by atoms with Crippen LogP contribution in [0.15, 0.2) is 112 Å². The molecule has 1 N–H and O–H groups in total. The van der Waals surface area contributed by atoms with Crippen LogP contribution >= 0.6 is 15.9 Å². The van der Waals surface area contributed by atoms with Gasteiger partial charge in [0.2, 0.25) is 11.8 Å². The van der Waals surface area contributed by atoms with Crippen molar-refractivity contribution in [3.63, 3.8) is 0 Å². The molecular weight excluding hydrogens is 690 g/mol. The molecule has 252 valence electrons. The molecule has 5 rings (SSSR count). The van der Waals surface area contributed by atoms with Crippen LogP contribution in [0.4, 0.5) is 5.69 Å². The van der Waals surface area contributed by atoms with Crippen LogP contribution in [0.1, 0.15) is 48.8 Å². The first kappa shape index (κ1) is 35.2. The number of ether oxygens (including phenoxy) is 1. The number of carbonyl (C=O) groups excluding carboxylic acids is 2. The van der Waals surface area contributed by atoms with E-state index >= 15 is 0 Å². The average molecular weight is 733 g/mol. The molecule has 1 aliphatic carbocycles. The van der Waals surface area contributed by atoms with Gasteiger partial charge in [0.1, 0.15) is 18.3 Å². The summed E-state index contributed by atoms with van der Waals surface area (Å²) in [6.45, 7) is 1.45. The summed E-state index contributed by atoms with van der Waals surface area (Å²) in [5.74, 6) is -0.305. The number of aryl methyl sites for hydroxylation is 1. The highest BCUT2D eigenvalue weighted by Gasteiger charge is 2.35. The lowest BCUT2D eigenvalue weighted by molar-refractivity contribution is -0.140. The first-order valence-electron chi connectivity index (χ1n) is 16.3. The van der Waals surface area contributed by atoms with E-state index in [4.69, 9.17) is 4.74 Å². The molecule has 1 atom stereocenters. The number of nitrogens with one attached hydrogen (secondary N) is 1. The number of halogens is 1. The topological polar surface area (TPSA) is 96.0 Å². The molecule has 4 aromatic carbocycles. The van der Waals surface area contributed by atoms with E-state index in [0.717, 1.165) is 57.6 Å². The number of methoxy groups -OCH3 is 1. The third kappa shape index (κ3) is 9.05. The van der Waals surface area contributed by atoms with Crippen molar-refractivity contribution in [2.75, 3.05) is 18.0 Å². The van der Waals surface area contributed by atoms with Crippen molar-refractivity contribution in [1.29, 1.82) is 0 Å². The predicted molar refractivity (Wildman–Crippen MR) is 192 cm³/mol. The van der Waals surface area contributed by atoms with E-state index in [-0.39, 0.29) is 35.5 Å². The van der Waals surface area contributed by atoms with Crippen LogP contribution in [0, 0.1) is 6.92 Å². The second kappa shape index (κ2) is 16.3. The summed E-state index contributed by atoms with van der Waals surface area (Å²) in [5, 5.41) is 3.24. The van der Waals surface area contributed by atoms with E-state index in [1.54, 1.807) is 36.4 Å². The Kier molecular flexibility index (Phi) is 11.9. The van der Waals surface area contributed by atoms with E-state index < -0.39 is 28.5 Å². The first-order chi connectivity index (χ1) is 23.1. The molecular formula is C38H42BrN3O5S. The third-order valence-corrected chi connectivity index (χ3v) is 11.0. The molecule has 4 aromatic rings. The molecule has 1 saturated carbocycles. The van der Waals surface area contributed by atoms with Gasteiger partial charge in [0.05, 0.1) is 17.7 Å².